The molecule has 0 atom stereocenters. The molecule has 0 aliphatic carbocycles. The number of nitrogens with zero attached hydrogens (tertiary/aromatic N) is 3. The van der Waals surface area contributed by atoms with Crippen molar-refractivity contribution in [1.82, 2.24) is 15.0 Å². The number of aryl methyl sites for hydroxylation is 1. The highest BCUT2D eigenvalue weighted by Gasteiger charge is 2.11. The quantitative estimate of drug-likeness (QED) is 0.857. The summed E-state index contributed by atoms with van der Waals surface area (Å²) in [5.74, 6) is -0.775. The maximum Gasteiger partial charge on any atom is 0.168 e. The van der Waals surface area contributed by atoms with Gasteiger partial charge in [-0.1, -0.05) is 6.92 Å². The minimum atomic E-state index is -0.736. The van der Waals surface area contributed by atoms with Gasteiger partial charge in [0.2, 0.25) is 0 Å². The third kappa shape index (κ3) is 4.08. The van der Waals surface area contributed by atoms with E-state index in [2.05, 4.69) is 25.6 Å². The number of hydrogen-bond donors (Lipinski definition) is 2. The van der Waals surface area contributed by atoms with Crippen molar-refractivity contribution in [2.24, 2.45) is 0 Å². The van der Waals surface area contributed by atoms with Crippen molar-refractivity contribution in [3.05, 3.63) is 41.5 Å². The van der Waals surface area contributed by atoms with E-state index < -0.39 is 11.6 Å². The highest BCUT2D eigenvalue weighted by atomic mass is 19.1. The molecule has 0 radical (unpaired) electrons. The number of anilines is 2. The number of rotatable bonds is 6. The zero-order chi connectivity index (χ0) is 15.2. The van der Waals surface area contributed by atoms with Gasteiger partial charge in [-0.05, 0) is 19.4 Å². The van der Waals surface area contributed by atoms with Crippen LogP contribution >= 0.6 is 0 Å². The Morgan fingerprint density at radius 1 is 1.10 bits per heavy atom. The van der Waals surface area contributed by atoms with E-state index in [9.17, 15) is 8.78 Å². The number of nitrogens with one attached hydrogen (secondary N) is 2. The van der Waals surface area contributed by atoms with Crippen LogP contribution in [0.15, 0.2) is 18.3 Å². The van der Waals surface area contributed by atoms with Crippen LogP contribution in [0.5, 0.6) is 0 Å². The first-order valence-electron chi connectivity index (χ1n) is 6.72. The number of halogens is 2. The average molecular weight is 293 g/mol. The van der Waals surface area contributed by atoms with E-state index in [-0.39, 0.29) is 18.2 Å². The van der Waals surface area contributed by atoms with Gasteiger partial charge in [0, 0.05) is 18.8 Å². The summed E-state index contributed by atoms with van der Waals surface area (Å²) < 4.78 is 27.3. The molecule has 0 amide bonds. The van der Waals surface area contributed by atoms with Crippen LogP contribution in [0.4, 0.5) is 20.4 Å². The van der Waals surface area contributed by atoms with Crippen molar-refractivity contribution in [3.8, 4) is 0 Å². The number of aromatic nitrogens is 3. The molecule has 0 aliphatic heterocycles. The van der Waals surface area contributed by atoms with Crippen LogP contribution < -0.4 is 10.6 Å². The Balaban J connectivity index is 2.11. The molecule has 0 unspecified atom stereocenters. The summed E-state index contributed by atoms with van der Waals surface area (Å²) in [7, 11) is 0. The van der Waals surface area contributed by atoms with Crippen LogP contribution in [0.3, 0.4) is 0 Å². The minimum Gasteiger partial charge on any atom is -0.368 e. The van der Waals surface area contributed by atoms with Crippen molar-refractivity contribution < 1.29 is 8.78 Å². The van der Waals surface area contributed by atoms with E-state index in [4.69, 9.17) is 0 Å². The van der Waals surface area contributed by atoms with Crippen LogP contribution in [0.2, 0.25) is 0 Å². The van der Waals surface area contributed by atoms with Crippen LogP contribution in [-0.4, -0.2) is 21.5 Å². The lowest BCUT2D eigenvalue weighted by atomic mass is 10.3. The van der Waals surface area contributed by atoms with Crippen molar-refractivity contribution >= 4 is 11.6 Å². The molecular formula is C14H17F2N5. The molecule has 7 heteroatoms. The van der Waals surface area contributed by atoms with E-state index in [1.165, 1.54) is 0 Å². The van der Waals surface area contributed by atoms with Crippen molar-refractivity contribution in [2.45, 2.75) is 26.8 Å². The highest BCUT2D eigenvalue weighted by molar-refractivity contribution is 5.47. The summed E-state index contributed by atoms with van der Waals surface area (Å²) in [4.78, 5) is 12.1. The highest BCUT2D eigenvalue weighted by Crippen LogP contribution is 2.19. The molecule has 21 heavy (non-hydrogen) atoms. The van der Waals surface area contributed by atoms with Gasteiger partial charge in [0.1, 0.15) is 5.82 Å². The normalized spacial score (nSPS) is 10.5. The fourth-order valence-electron chi connectivity index (χ4n) is 1.74. The van der Waals surface area contributed by atoms with E-state index in [1.807, 2.05) is 6.92 Å². The molecule has 2 aromatic heterocycles. The Bertz CT molecular complexity index is 618. The molecule has 0 aromatic carbocycles. The van der Waals surface area contributed by atoms with Crippen molar-refractivity contribution in [2.75, 3.05) is 17.2 Å². The van der Waals surface area contributed by atoms with Gasteiger partial charge in [0.25, 0.3) is 0 Å². The van der Waals surface area contributed by atoms with Gasteiger partial charge in [-0.25, -0.2) is 23.7 Å². The average Bonchev–Trinajstić information content (AvgIpc) is 2.45. The Labute approximate surface area is 121 Å². The maximum absolute atomic E-state index is 13.7. The number of hydrogen-bond acceptors (Lipinski definition) is 5. The van der Waals surface area contributed by atoms with Gasteiger partial charge in [0.05, 0.1) is 12.2 Å². The fourth-order valence-corrected chi connectivity index (χ4v) is 1.74. The van der Waals surface area contributed by atoms with Gasteiger partial charge < -0.3 is 10.6 Å². The lowest BCUT2D eigenvalue weighted by Gasteiger charge is -2.10. The van der Waals surface area contributed by atoms with Gasteiger partial charge in [-0.2, -0.15) is 0 Å². The second-order valence-electron chi connectivity index (χ2n) is 4.52. The maximum atomic E-state index is 13.7. The van der Waals surface area contributed by atoms with Gasteiger partial charge in [-0.3, -0.25) is 0 Å². The summed E-state index contributed by atoms with van der Waals surface area (Å²) in [6.45, 7) is 4.57. The second kappa shape index (κ2) is 6.92. The molecule has 0 bridgehead atoms. The second-order valence-corrected chi connectivity index (χ2v) is 4.52. The molecule has 2 N–H and O–H groups in total. The lowest BCUT2D eigenvalue weighted by Crippen LogP contribution is -2.10. The van der Waals surface area contributed by atoms with Gasteiger partial charge >= 0.3 is 0 Å². The standard InChI is InChI=1S/C14H17F2N5/c1-3-5-18-13-11(15)7-12(16)14(21-13)19-8-10-4-6-17-9(2)20-10/h4,6-7H,3,5,8H2,1-2H3,(H2,18,19,21). The van der Waals surface area contributed by atoms with Gasteiger partial charge in [0.15, 0.2) is 23.3 Å². The zero-order valence-corrected chi connectivity index (χ0v) is 12.0. The molecule has 0 saturated heterocycles. The summed E-state index contributed by atoms with van der Waals surface area (Å²) in [5, 5.41) is 5.64. The molecule has 2 aromatic rings. The van der Waals surface area contributed by atoms with E-state index in [0.29, 0.717) is 18.1 Å². The molecule has 2 heterocycles. The van der Waals surface area contributed by atoms with Crippen molar-refractivity contribution in [1.29, 1.82) is 0 Å². The third-order valence-electron chi connectivity index (χ3n) is 2.74. The smallest absolute Gasteiger partial charge is 0.168 e. The molecule has 0 aliphatic rings. The lowest BCUT2D eigenvalue weighted by molar-refractivity contribution is 0.577. The van der Waals surface area contributed by atoms with Gasteiger partial charge in [-0.15, -0.1) is 0 Å². The summed E-state index contributed by atoms with van der Waals surface area (Å²) in [6, 6.07) is 2.54. The topological polar surface area (TPSA) is 62.7 Å². The van der Waals surface area contributed by atoms with Crippen LogP contribution in [0, 0.1) is 18.6 Å². The molecule has 5 nitrogen and oxygen atoms in total. The molecule has 0 saturated carbocycles. The fraction of sp³-hybridized carbons (Fsp3) is 0.357. The first-order chi connectivity index (χ1) is 10.1. The third-order valence-corrected chi connectivity index (χ3v) is 2.74. The summed E-state index contributed by atoms with van der Waals surface area (Å²) >= 11 is 0. The summed E-state index contributed by atoms with van der Waals surface area (Å²) in [5.41, 5.74) is 0.705. The molecule has 112 valence electrons. The number of pyridine rings is 1. The SMILES string of the molecule is CCCNc1nc(NCc2ccnc(C)n2)c(F)cc1F. The van der Waals surface area contributed by atoms with Crippen molar-refractivity contribution in [3.63, 3.8) is 0 Å². The minimum absolute atomic E-state index is 0.00808. The Morgan fingerprint density at radius 3 is 2.48 bits per heavy atom. The predicted molar refractivity (Wildman–Crippen MR) is 77.0 cm³/mol. The molecular weight excluding hydrogens is 276 g/mol. The largest absolute Gasteiger partial charge is 0.368 e. The van der Waals surface area contributed by atoms with Crippen LogP contribution in [-0.2, 0) is 6.54 Å². The van der Waals surface area contributed by atoms with Crippen LogP contribution in [0.1, 0.15) is 24.9 Å². The van der Waals surface area contributed by atoms with E-state index >= 15 is 0 Å². The molecule has 0 spiro atoms. The Morgan fingerprint density at radius 2 is 1.81 bits per heavy atom. The zero-order valence-electron chi connectivity index (χ0n) is 12.0. The van der Waals surface area contributed by atoms with E-state index in [0.717, 1.165) is 12.5 Å². The van der Waals surface area contributed by atoms with E-state index in [1.54, 1.807) is 19.2 Å². The Kier molecular flexibility index (Phi) is 4.97. The monoisotopic (exact) mass is 293 g/mol. The molecule has 0 fully saturated rings. The predicted octanol–water partition coefficient (Wildman–Crippen LogP) is 2.89. The Hall–Kier alpha value is -2.31. The molecule has 2 rings (SSSR count). The summed E-state index contributed by atoms with van der Waals surface area (Å²) in [6.07, 6.45) is 2.45. The first-order valence-corrected chi connectivity index (χ1v) is 6.72. The van der Waals surface area contributed by atoms with Crippen LogP contribution in [0.25, 0.3) is 0 Å². The first kappa shape index (κ1) is 15.1.